The summed E-state index contributed by atoms with van der Waals surface area (Å²) in [5.41, 5.74) is 2.37. The van der Waals surface area contributed by atoms with E-state index in [0.717, 1.165) is 19.6 Å². The van der Waals surface area contributed by atoms with Crippen LogP contribution < -0.4 is 10.0 Å². The molecular weight excluding hydrogens is 446 g/mol. The quantitative estimate of drug-likeness (QED) is 0.447. The molecule has 0 spiro atoms. The largest absolute Gasteiger partial charge is 0.322 e. The number of nitrogens with zero attached hydrogens (tertiary/aromatic N) is 1. The smallest absolute Gasteiger partial charge is 0.261 e. The lowest BCUT2D eigenvalue weighted by molar-refractivity contribution is 0.102. The lowest BCUT2D eigenvalue weighted by atomic mass is 10.1. The number of halogens is 1. The van der Waals surface area contributed by atoms with E-state index in [1.807, 2.05) is 24.3 Å². The van der Waals surface area contributed by atoms with Crippen LogP contribution in [0, 0.1) is 0 Å². The number of amides is 1. The minimum atomic E-state index is -3.77. The normalized spacial score (nSPS) is 11.4. The van der Waals surface area contributed by atoms with E-state index in [0.29, 0.717) is 11.3 Å². The van der Waals surface area contributed by atoms with Crippen LogP contribution in [0.25, 0.3) is 0 Å². The Morgan fingerprint density at radius 3 is 2.19 bits per heavy atom. The number of rotatable bonds is 9. The Kier molecular flexibility index (Phi) is 7.90. The van der Waals surface area contributed by atoms with Crippen molar-refractivity contribution in [2.24, 2.45) is 0 Å². The predicted molar refractivity (Wildman–Crippen MR) is 130 cm³/mol. The average molecular weight is 472 g/mol. The number of carbonyl (C=O) groups is 1. The number of carbonyl (C=O) groups excluding carboxylic acids is 1. The second-order valence-electron chi connectivity index (χ2n) is 7.23. The molecule has 0 aliphatic rings. The van der Waals surface area contributed by atoms with Gasteiger partial charge < -0.3 is 5.32 Å². The Labute approximate surface area is 194 Å². The van der Waals surface area contributed by atoms with Crippen LogP contribution in [0.15, 0.2) is 77.7 Å². The van der Waals surface area contributed by atoms with Gasteiger partial charge in [0.2, 0.25) is 0 Å². The minimum absolute atomic E-state index is 0.127. The molecule has 3 aromatic rings. The van der Waals surface area contributed by atoms with Crippen molar-refractivity contribution in [1.29, 1.82) is 0 Å². The summed E-state index contributed by atoms with van der Waals surface area (Å²) < 4.78 is 27.4. The molecule has 168 valence electrons. The number of hydrogen-bond donors (Lipinski definition) is 2. The molecule has 0 aliphatic heterocycles. The Morgan fingerprint density at radius 1 is 0.938 bits per heavy atom. The van der Waals surface area contributed by atoms with E-state index < -0.39 is 10.0 Å². The highest BCUT2D eigenvalue weighted by molar-refractivity contribution is 7.92. The lowest BCUT2D eigenvalue weighted by Crippen LogP contribution is -2.22. The van der Waals surface area contributed by atoms with Crippen LogP contribution in [0.3, 0.4) is 0 Å². The van der Waals surface area contributed by atoms with Gasteiger partial charge in [0.1, 0.15) is 0 Å². The summed E-state index contributed by atoms with van der Waals surface area (Å²) in [6.07, 6.45) is 0. The first-order chi connectivity index (χ1) is 15.3. The summed E-state index contributed by atoms with van der Waals surface area (Å²) in [6.45, 7) is 7.07. The molecule has 0 heterocycles. The molecule has 6 nitrogen and oxygen atoms in total. The summed E-state index contributed by atoms with van der Waals surface area (Å²) in [7, 11) is -3.77. The summed E-state index contributed by atoms with van der Waals surface area (Å²) >= 11 is 6.26. The Morgan fingerprint density at radius 2 is 1.59 bits per heavy atom. The van der Waals surface area contributed by atoms with Crippen molar-refractivity contribution in [1.82, 2.24) is 4.90 Å². The topological polar surface area (TPSA) is 78.5 Å². The number of hydrogen-bond acceptors (Lipinski definition) is 4. The molecule has 3 rings (SSSR count). The average Bonchev–Trinajstić information content (AvgIpc) is 2.80. The SMILES string of the molecule is CCN(CC)Cc1ccc(NC(=O)c2ccc(NS(=O)(=O)c3ccccc3)c(Cl)c2)cc1. The molecule has 0 bridgehead atoms. The van der Waals surface area contributed by atoms with Gasteiger partial charge in [0.05, 0.1) is 15.6 Å². The third kappa shape index (κ3) is 6.09. The standard InChI is InChI=1S/C24H26ClN3O3S/c1-3-28(4-2)17-18-10-13-20(14-11-18)26-24(29)19-12-15-23(22(25)16-19)27-32(30,31)21-8-6-5-7-9-21/h5-16,27H,3-4,17H2,1-2H3,(H,26,29). The first-order valence-electron chi connectivity index (χ1n) is 10.3. The van der Waals surface area contributed by atoms with Gasteiger partial charge in [0.25, 0.3) is 15.9 Å². The molecule has 0 saturated heterocycles. The highest BCUT2D eigenvalue weighted by Gasteiger charge is 2.16. The summed E-state index contributed by atoms with van der Waals surface area (Å²) in [4.78, 5) is 15.1. The molecule has 8 heteroatoms. The molecule has 0 aliphatic carbocycles. The predicted octanol–water partition coefficient (Wildman–Crippen LogP) is 5.23. The second-order valence-corrected chi connectivity index (χ2v) is 9.32. The molecule has 32 heavy (non-hydrogen) atoms. The third-order valence-electron chi connectivity index (χ3n) is 5.04. The summed E-state index contributed by atoms with van der Waals surface area (Å²) in [6, 6.07) is 20.1. The van der Waals surface area contributed by atoms with E-state index in [2.05, 4.69) is 28.8 Å². The number of anilines is 2. The minimum Gasteiger partial charge on any atom is -0.322 e. The van der Waals surface area contributed by atoms with Crippen LogP contribution in [0.5, 0.6) is 0 Å². The Hall–Kier alpha value is -2.87. The van der Waals surface area contributed by atoms with Crippen molar-refractivity contribution >= 4 is 38.9 Å². The van der Waals surface area contributed by atoms with Crippen LogP contribution >= 0.6 is 11.6 Å². The summed E-state index contributed by atoms with van der Waals surface area (Å²) in [5.74, 6) is -0.333. The van der Waals surface area contributed by atoms with E-state index in [9.17, 15) is 13.2 Å². The van der Waals surface area contributed by atoms with E-state index in [1.165, 1.54) is 35.9 Å². The van der Waals surface area contributed by atoms with Gasteiger partial charge in [-0.25, -0.2) is 8.42 Å². The zero-order valence-corrected chi connectivity index (χ0v) is 19.6. The fourth-order valence-electron chi connectivity index (χ4n) is 3.14. The highest BCUT2D eigenvalue weighted by Crippen LogP contribution is 2.26. The lowest BCUT2D eigenvalue weighted by Gasteiger charge is -2.18. The van der Waals surface area contributed by atoms with Crippen molar-refractivity contribution in [2.45, 2.75) is 25.3 Å². The molecule has 1 amide bonds. The van der Waals surface area contributed by atoms with Crippen molar-refractivity contribution in [3.63, 3.8) is 0 Å². The zero-order chi connectivity index (χ0) is 23.1. The fourth-order valence-corrected chi connectivity index (χ4v) is 4.53. The Bertz CT molecular complexity index is 1160. The van der Waals surface area contributed by atoms with Crippen LogP contribution in [0.4, 0.5) is 11.4 Å². The number of sulfonamides is 1. The van der Waals surface area contributed by atoms with Crippen molar-refractivity contribution in [3.05, 3.63) is 88.9 Å². The molecular formula is C24H26ClN3O3S. The van der Waals surface area contributed by atoms with Gasteiger partial charge in [-0.3, -0.25) is 14.4 Å². The van der Waals surface area contributed by atoms with E-state index in [1.54, 1.807) is 18.2 Å². The van der Waals surface area contributed by atoms with Crippen molar-refractivity contribution in [2.75, 3.05) is 23.1 Å². The maximum atomic E-state index is 12.6. The molecule has 2 N–H and O–H groups in total. The highest BCUT2D eigenvalue weighted by atomic mass is 35.5. The van der Waals surface area contributed by atoms with Crippen molar-refractivity contribution < 1.29 is 13.2 Å². The zero-order valence-electron chi connectivity index (χ0n) is 18.0. The maximum absolute atomic E-state index is 12.6. The second kappa shape index (κ2) is 10.6. The van der Waals surface area contributed by atoms with Gasteiger partial charge in [-0.1, -0.05) is 55.8 Å². The first kappa shape index (κ1) is 23.8. The van der Waals surface area contributed by atoms with Crippen LogP contribution in [0.1, 0.15) is 29.8 Å². The maximum Gasteiger partial charge on any atom is 0.261 e. The van der Waals surface area contributed by atoms with Gasteiger partial charge in [-0.05, 0) is 61.1 Å². The molecule has 0 fully saturated rings. The molecule has 0 saturated carbocycles. The Balaban J connectivity index is 1.67. The molecule has 0 atom stereocenters. The van der Waals surface area contributed by atoms with Crippen molar-refractivity contribution in [3.8, 4) is 0 Å². The van der Waals surface area contributed by atoms with Crippen LogP contribution in [0.2, 0.25) is 5.02 Å². The molecule has 3 aromatic carbocycles. The first-order valence-corrected chi connectivity index (χ1v) is 12.2. The van der Waals surface area contributed by atoms with Gasteiger partial charge in [-0.2, -0.15) is 0 Å². The van der Waals surface area contributed by atoms with E-state index in [-0.39, 0.29) is 21.5 Å². The monoisotopic (exact) mass is 471 g/mol. The van der Waals surface area contributed by atoms with E-state index in [4.69, 9.17) is 11.6 Å². The summed E-state index contributed by atoms with van der Waals surface area (Å²) in [5, 5.41) is 2.97. The molecule has 0 aromatic heterocycles. The van der Waals surface area contributed by atoms with Gasteiger partial charge >= 0.3 is 0 Å². The number of benzene rings is 3. The third-order valence-corrected chi connectivity index (χ3v) is 6.74. The van der Waals surface area contributed by atoms with Gasteiger partial charge in [-0.15, -0.1) is 0 Å². The fraction of sp³-hybridized carbons (Fsp3) is 0.208. The van der Waals surface area contributed by atoms with Gasteiger partial charge in [0, 0.05) is 17.8 Å². The number of nitrogens with one attached hydrogen (secondary N) is 2. The van der Waals surface area contributed by atoms with E-state index >= 15 is 0 Å². The molecule has 0 unspecified atom stereocenters. The van der Waals surface area contributed by atoms with Gasteiger partial charge in [0.15, 0.2) is 0 Å². The van der Waals surface area contributed by atoms with Crippen LogP contribution in [-0.2, 0) is 16.6 Å². The van der Waals surface area contributed by atoms with Crippen LogP contribution in [-0.4, -0.2) is 32.3 Å². The molecule has 0 radical (unpaired) electrons.